The maximum atomic E-state index is 13.0. The van der Waals surface area contributed by atoms with Gasteiger partial charge in [0.05, 0.1) is 23.6 Å². The minimum Gasteiger partial charge on any atom is -0.339 e. The minimum absolute atomic E-state index is 0.0661. The fraction of sp³-hybridized carbons (Fsp3) is 0.233. The molecule has 39 heavy (non-hydrogen) atoms. The number of carbonyl (C=O) groups is 1. The smallest absolute Gasteiger partial charge is 0.253 e. The zero-order valence-electron chi connectivity index (χ0n) is 21.6. The Morgan fingerprint density at radius 2 is 1.82 bits per heavy atom. The predicted molar refractivity (Wildman–Crippen MR) is 154 cm³/mol. The van der Waals surface area contributed by atoms with Crippen molar-refractivity contribution in [2.45, 2.75) is 25.4 Å². The molecular weight excluding hydrogens is 510 g/mol. The summed E-state index contributed by atoms with van der Waals surface area (Å²) in [5.74, 6) is 0.528. The van der Waals surface area contributed by atoms with E-state index in [9.17, 15) is 4.79 Å². The summed E-state index contributed by atoms with van der Waals surface area (Å²) in [5, 5.41) is 7.21. The number of rotatable bonds is 5. The van der Waals surface area contributed by atoms with Gasteiger partial charge in [-0.1, -0.05) is 23.7 Å². The van der Waals surface area contributed by atoms with Gasteiger partial charge in [-0.15, -0.1) is 0 Å². The molecule has 2 N–H and O–H groups in total. The van der Waals surface area contributed by atoms with E-state index < -0.39 is 0 Å². The van der Waals surface area contributed by atoms with Gasteiger partial charge in [0.2, 0.25) is 5.95 Å². The van der Waals surface area contributed by atoms with Gasteiger partial charge in [0.1, 0.15) is 0 Å². The molecule has 0 bridgehead atoms. The highest BCUT2D eigenvalue weighted by Gasteiger charge is 2.24. The molecule has 8 nitrogen and oxygen atoms in total. The molecule has 1 fully saturated rings. The van der Waals surface area contributed by atoms with Crippen LogP contribution in [0.5, 0.6) is 0 Å². The van der Waals surface area contributed by atoms with E-state index in [1.807, 2.05) is 72.6 Å². The van der Waals surface area contributed by atoms with Crippen LogP contribution in [0.2, 0.25) is 5.02 Å². The fourth-order valence-corrected chi connectivity index (χ4v) is 5.26. The lowest BCUT2D eigenvalue weighted by atomic mass is 9.97. The third-order valence-corrected chi connectivity index (χ3v) is 7.48. The normalized spacial score (nSPS) is 15.1. The van der Waals surface area contributed by atoms with Crippen LogP contribution in [0.1, 0.15) is 40.0 Å². The van der Waals surface area contributed by atoms with E-state index in [2.05, 4.69) is 20.6 Å². The Hall–Kier alpha value is -4.14. The number of carbonyl (C=O) groups excluding carboxylic acids is 1. The van der Waals surface area contributed by atoms with Crippen molar-refractivity contribution in [2.24, 2.45) is 4.99 Å². The Morgan fingerprint density at radius 3 is 2.56 bits per heavy atom. The molecule has 2 aliphatic rings. The first-order chi connectivity index (χ1) is 19.1. The van der Waals surface area contributed by atoms with Crippen LogP contribution < -0.4 is 10.6 Å². The number of nitrogens with zero attached hydrogens (tertiary/aromatic N) is 5. The third-order valence-electron chi connectivity index (χ3n) is 7.25. The molecule has 2 aromatic heterocycles. The number of halogens is 1. The van der Waals surface area contributed by atoms with Gasteiger partial charge in [-0.25, -0.2) is 9.97 Å². The van der Waals surface area contributed by atoms with Crippen LogP contribution in [-0.2, 0) is 6.54 Å². The molecule has 0 radical (unpaired) electrons. The molecule has 2 aliphatic heterocycles. The summed E-state index contributed by atoms with van der Waals surface area (Å²) in [6, 6.07) is 19.5. The number of aromatic nitrogens is 3. The maximum Gasteiger partial charge on any atom is 0.253 e. The number of likely N-dealkylation sites (tertiary alicyclic amines) is 1. The molecule has 1 saturated heterocycles. The molecule has 0 atom stereocenters. The lowest BCUT2D eigenvalue weighted by molar-refractivity contribution is 0.0707. The summed E-state index contributed by atoms with van der Waals surface area (Å²) in [4.78, 5) is 33.7. The van der Waals surface area contributed by atoms with Gasteiger partial charge in [-0.3, -0.25) is 14.8 Å². The van der Waals surface area contributed by atoms with E-state index in [0.29, 0.717) is 29.1 Å². The van der Waals surface area contributed by atoms with Crippen LogP contribution in [0.25, 0.3) is 11.3 Å². The van der Waals surface area contributed by atoms with Gasteiger partial charge in [0.25, 0.3) is 5.91 Å². The highest BCUT2D eigenvalue weighted by atomic mass is 35.5. The van der Waals surface area contributed by atoms with E-state index in [4.69, 9.17) is 21.6 Å². The molecule has 2 aromatic carbocycles. The summed E-state index contributed by atoms with van der Waals surface area (Å²) >= 11 is 6.40. The van der Waals surface area contributed by atoms with Crippen molar-refractivity contribution in [3.8, 4) is 11.3 Å². The van der Waals surface area contributed by atoms with Crippen LogP contribution in [-0.4, -0.2) is 57.6 Å². The van der Waals surface area contributed by atoms with E-state index in [1.165, 1.54) is 0 Å². The number of pyridine rings is 1. The molecule has 0 unspecified atom stereocenters. The Bertz CT molecular complexity index is 1530. The fourth-order valence-electron chi connectivity index (χ4n) is 5.09. The van der Waals surface area contributed by atoms with E-state index >= 15 is 0 Å². The standard InChI is InChI=1S/C30H28ClN7O/c1-32-22-11-14-38(15-12-22)29(39)19-5-8-23(9-6-19)36-30-35-18-20-17-34-28(26-4-2-3-13-33-26)25-16-21(31)7-10-24(25)27(20)37-30/h2-10,13,16,18,22,32H,11-12,14-15,17H2,1H3,(H,35,36,37). The van der Waals surface area contributed by atoms with Gasteiger partial charge >= 0.3 is 0 Å². The lowest BCUT2D eigenvalue weighted by Crippen LogP contribution is -2.43. The molecule has 196 valence electrons. The Morgan fingerprint density at radius 1 is 1.00 bits per heavy atom. The van der Waals surface area contributed by atoms with E-state index in [-0.39, 0.29) is 5.91 Å². The summed E-state index contributed by atoms with van der Waals surface area (Å²) in [5.41, 5.74) is 6.55. The number of benzene rings is 2. The molecule has 4 heterocycles. The Labute approximate surface area is 232 Å². The van der Waals surface area contributed by atoms with Gasteiger partial charge in [-0.05, 0) is 68.4 Å². The quantitative estimate of drug-likeness (QED) is 0.367. The van der Waals surface area contributed by atoms with E-state index in [0.717, 1.165) is 65.4 Å². The summed E-state index contributed by atoms with van der Waals surface area (Å²) < 4.78 is 0. The number of piperidine rings is 1. The minimum atomic E-state index is 0.0661. The first-order valence-corrected chi connectivity index (χ1v) is 13.4. The monoisotopic (exact) mass is 537 g/mol. The van der Waals surface area contributed by atoms with Crippen molar-refractivity contribution in [3.63, 3.8) is 0 Å². The summed E-state index contributed by atoms with van der Waals surface area (Å²) in [6.07, 6.45) is 5.51. The average molecular weight is 538 g/mol. The second-order valence-electron chi connectivity index (χ2n) is 9.69. The predicted octanol–water partition coefficient (Wildman–Crippen LogP) is 5.11. The molecule has 4 aromatic rings. The average Bonchev–Trinajstić information content (AvgIpc) is 3.14. The molecule has 0 aliphatic carbocycles. The number of anilines is 2. The number of hydrogen-bond acceptors (Lipinski definition) is 7. The molecule has 1 amide bonds. The molecular formula is C30H28ClN7O. The first kappa shape index (κ1) is 25.2. The summed E-state index contributed by atoms with van der Waals surface area (Å²) in [7, 11) is 1.98. The Kier molecular flexibility index (Phi) is 7.04. The Balaban J connectivity index is 1.24. The van der Waals surface area contributed by atoms with Crippen molar-refractivity contribution >= 4 is 34.9 Å². The van der Waals surface area contributed by atoms with E-state index in [1.54, 1.807) is 12.4 Å². The number of aliphatic imine (C=N–C) groups is 1. The zero-order chi connectivity index (χ0) is 26.8. The number of amides is 1. The lowest BCUT2D eigenvalue weighted by Gasteiger charge is -2.31. The maximum absolute atomic E-state index is 13.0. The van der Waals surface area contributed by atoms with Crippen molar-refractivity contribution in [1.82, 2.24) is 25.2 Å². The van der Waals surface area contributed by atoms with Crippen molar-refractivity contribution < 1.29 is 4.79 Å². The van der Waals surface area contributed by atoms with Gasteiger partial charge < -0.3 is 15.5 Å². The van der Waals surface area contributed by atoms with Crippen molar-refractivity contribution in [1.29, 1.82) is 0 Å². The zero-order valence-corrected chi connectivity index (χ0v) is 22.3. The molecule has 6 rings (SSSR count). The number of nitrogens with one attached hydrogen (secondary N) is 2. The van der Waals surface area contributed by atoms with Crippen molar-refractivity contribution in [3.05, 3.63) is 100 Å². The van der Waals surface area contributed by atoms with Crippen LogP contribution in [0.4, 0.5) is 11.6 Å². The van der Waals surface area contributed by atoms with Crippen LogP contribution in [0.3, 0.4) is 0 Å². The van der Waals surface area contributed by atoms with Gasteiger partial charge in [0.15, 0.2) is 0 Å². The largest absolute Gasteiger partial charge is 0.339 e. The second kappa shape index (κ2) is 10.9. The number of fused-ring (bicyclic) bond motifs is 3. The topological polar surface area (TPSA) is 95.4 Å². The SMILES string of the molecule is CNC1CCN(C(=O)c2ccc(Nc3ncc4c(n3)-c3ccc(Cl)cc3C(c3ccccn3)=NC4)cc2)CC1. The van der Waals surface area contributed by atoms with Crippen LogP contribution >= 0.6 is 11.6 Å². The number of hydrogen-bond donors (Lipinski definition) is 2. The van der Waals surface area contributed by atoms with Crippen molar-refractivity contribution in [2.75, 3.05) is 25.5 Å². The molecule has 0 spiro atoms. The second-order valence-corrected chi connectivity index (χ2v) is 10.1. The third kappa shape index (κ3) is 5.26. The van der Waals surface area contributed by atoms with Crippen LogP contribution in [0.15, 0.2) is 78.0 Å². The molecule has 9 heteroatoms. The van der Waals surface area contributed by atoms with Gasteiger partial charge in [0, 0.05) is 64.5 Å². The molecule has 0 saturated carbocycles. The highest BCUT2D eigenvalue weighted by Crippen LogP contribution is 2.33. The highest BCUT2D eigenvalue weighted by molar-refractivity contribution is 6.31. The van der Waals surface area contributed by atoms with Crippen LogP contribution in [0, 0.1) is 0 Å². The first-order valence-electron chi connectivity index (χ1n) is 13.0. The summed E-state index contributed by atoms with van der Waals surface area (Å²) in [6.45, 7) is 1.97. The van der Waals surface area contributed by atoms with Gasteiger partial charge in [-0.2, -0.15) is 0 Å².